The summed E-state index contributed by atoms with van der Waals surface area (Å²) in [6, 6.07) is 2.36. The topological polar surface area (TPSA) is 72.2 Å². The van der Waals surface area contributed by atoms with E-state index in [4.69, 9.17) is 5.73 Å². The molecule has 0 bridgehead atoms. The summed E-state index contributed by atoms with van der Waals surface area (Å²) < 4.78 is 39.4. The quantitative estimate of drug-likeness (QED) is 0.493. The summed E-state index contributed by atoms with van der Waals surface area (Å²) in [6.07, 6.45) is 0.422. The van der Waals surface area contributed by atoms with Crippen molar-refractivity contribution in [3.63, 3.8) is 0 Å². The first-order chi connectivity index (χ1) is 8.38. The Labute approximate surface area is 106 Å². The Morgan fingerprint density at radius 1 is 1.44 bits per heavy atom. The van der Waals surface area contributed by atoms with Crippen LogP contribution in [0.4, 0.5) is 10.1 Å². The van der Waals surface area contributed by atoms with Crippen molar-refractivity contribution in [1.82, 2.24) is 4.72 Å². The van der Waals surface area contributed by atoms with E-state index in [1.807, 2.05) is 0 Å². The number of hydrogen-bond acceptors (Lipinski definition) is 3. The van der Waals surface area contributed by atoms with Crippen LogP contribution < -0.4 is 10.5 Å². The number of rotatable bonds is 4. The minimum atomic E-state index is -3.67. The van der Waals surface area contributed by atoms with E-state index < -0.39 is 15.8 Å². The predicted molar refractivity (Wildman–Crippen MR) is 68.8 cm³/mol. The molecule has 0 spiro atoms. The third-order valence-electron chi connectivity index (χ3n) is 2.29. The normalized spacial score (nSPS) is 10.8. The van der Waals surface area contributed by atoms with Crippen molar-refractivity contribution in [1.29, 1.82) is 0 Å². The van der Waals surface area contributed by atoms with E-state index in [1.165, 1.54) is 13.0 Å². The molecular formula is C12H15FN2O2S. The van der Waals surface area contributed by atoms with Crippen LogP contribution in [0.5, 0.6) is 0 Å². The zero-order valence-corrected chi connectivity index (χ0v) is 11.1. The Balaban J connectivity index is 2.94. The van der Waals surface area contributed by atoms with Gasteiger partial charge in [0.25, 0.3) is 0 Å². The third-order valence-corrected chi connectivity index (χ3v) is 3.73. The van der Waals surface area contributed by atoms with E-state index in [1.54, 1.807) is 6.92 Å². The largest absolute Gasteiger partial charge is 0.396 e. The molecule has 6 heteroatoms. The molecule has 3 N–H and O–H groups in total. The van der Waals surface area contributed by atoms with Crippen molar-refractivity contribution in [3.05, 3.63) is 23.5 Å². The van der Waals surface area contributed by atoms with Crippen molar-refractivity contribution in [2.45, 2.75) is 25.2 Å². The standard InChI is InChI=1S/C12H15FN2O2S/c1-3-4-5-6-15-18(16,17)10-7-9(2)12(13)11(14)8-10/h7-8,15H,5-6,14H2,1-2H3. The summed E-state index contributed by atoms with van der Waals surface area (Å²) in [5, 5.41) is 0. The molecule has 0 radical (unpaired) electrons. The number of nitrogen functional groups attached to an aromatic ring is 1. The summed E-state index contributed by atoms with van der Waals surface area (Å²) in [5.74, 6) is 4.82. The fourth-order valence-corrected chi connectivity index (χ4v) is 2.53. The molecule has 0 saturated carbocycles. The molecule has 0 aromatic heterocycles. The molecule has 1 rings (SSSR count). The van der Waals surface area contributed by atoms with Gasteiger partial charge in [-0.2, -0.15) is 0 Å². The lowest BCUT2D eigenvalue weighted by molar-refractivity contribution is 0.581. The minimum absolute atomic E-state index is 0.0386. The number of aryl methyl sites for hydroxylation is 1. The zero-order chi connectivity index (χ0) is 13.8. The first-order valence-electron chi connectivity index (χ1n) is 5.33. The molecule has 0 saturated heterocycles. The van der Waals surface area contributed by atoms with Crippen molar-refractivity contribution in [2.75, 3.05) is 12.3 Å². The van der Waals surface area contributed by atoms with Gasteiger partial charge in [-0.05, 0) is 31.5 Å². The highest BCUT2D eigenvalue weighted by atomic mass is 32.2. The van der Waals surface area contributed by atoms with Crippen molar-refractivity contribution < 1.29 is 12.8 Å². The third kappa shape index (κ3) is 3.45. The Bertz CT molecular complexity index is 577. The Hall–Kier alpha value is -1.58. The maximum atomic E-state index is 13.3. The van der Waals surface area contributed by atoms with E-state index in [0.29, 0.717) is 6.42 Å². The molecule has 0 aliphatic heterocycles. The number of hydrogen-bond donors (Lipinski definition) is 2. The lowest BCUT2D eigenvalue weighted by Crippen LogP contribution is -2.25. The second-order valence-electron chi connectivity index (χ2n) is 3.72. The second-order valence-corrected chi connectivity index (χ2v) is 5.48. The number of benzene rings is 1. The molecule has 0 unspecified atom stereocenters. The summed E-state index contributed by atoms with van der Waals surface area (Å²) in [5.41, 5.74) is 5.43. The van der Waals surface area contributed by atoms with E-state index >= 15 is 0 Å². The highest BCUT2D eigenvalue weighted by molar-refractivity contribution is 7.89. The van der Waals surface area contributed by atoms with Gasteiger partial charge in [0.05, 0.1) is 10.6 Å². The molecule has 0 fully saturated rings. The molecule has 1 aromatic rings. The van der Waals surface area contributed by atoms with Gasteiger partial charge in [-0.1, -0.05) is 0 Å². The number of halogens is 1. The number of anilines is 1. The lowest BCUT2D eigenvalue weighted by atomic mass is 10.2. The molecule has 0 atom stereocenters. The van der Waals surface area contributed by atoms with E-state index in [9.17, 15) is 12.8 Å². The molecule has 98 valence electrons. The molecule has 4 nitrogen and oxygen atoms in total. The molecule has 18 heavy (non-hydrogen) atoms. The number of nitrogens with two attached hydrogens (primary N) is 1. The first-order valence-corrected chi connectivity index (χ1v) is 6.81. The van der Waals surface area contributed by atoms with E-state index in [-0.39, 0.29) is 22.7 Å². The van der Waals surface area contributed by atoms with Gasteiger partial charge in [0.1, 0.15) is 5.82 Å². The fraction of sp³-hybridized carbons (Fsp3) is 0.333. The van der Waals surface area contributed by atoms with Crippen LogP contribution in [0.25, 0.3) is 0 Å². The van der Waals surface area contributed by atoms with Crippen molar-refractivity contribution in [2.24, 2.45) is 0 Å². The van der Waals surface area contributed by atoms with E-state index in [2.05, 4.69) is 16.6 Å². The average Bonchev–Trinajstić information content (AvgIpc) is 2.31. The van der Waals surface area contributed by atoms with Gasteiger partial charge in [-0.25, -0.2) is 17.5 Å². The van der Waals surface area contributed by atoms with Gasteiger partial charge in [0, 0.05) is 13.0 Å². The Morgan fingerprint density at radius 3 is 2.67 bits per heavy atom. The van der Waals surface area contributed by atoms with Crippen LogP contribution in [-0.2, 0) is 10.0 Å². The first kappa shape index (κ1) is 14.5. The molecule has 0 aliphatic carbocycles. The maximum Gasteiger partial charge on any atom is 0.240 e. The van der Waals surface area contributed by atoms with Crippen LogP contribution in [0.15, 0.2) is 17.0 Å². The highest BCUT2D eigenvalue weighted by Gasteiger charge is 2.16. The number of nitrogens with one attached hydrogen (secondary N) is 1. The maximum absolute atomic E-state index is 13.3. The van der Waals surface area contributed by atoms with Crippen molar-refractivity contribution in [3.8, 4) is 11.8 Å². The number of sulfonamides is 1. The van der Waals surface area contributed by atoms with Gasteiger partial charge in [0.15, 0.2) is 0 Å². The summed E-state index contributed by atoms with van der Waals surface area (Å²) in [6.45, 7) is 3.35. The fourth-order valence-electron chi connectivity index (χ4n) is 1.37. The van der Waals surface area contributed by atoms with Crippen LogP contribution in [0.3, 0.4) is 0 Å². The summed E-state index contributed by atoms with van der Waals surface area (Å²) in [4.78, 5) is -0.0386. The van der Waals surface area contributed by atoms with E-state index in [0.717, 1.165) is 6.07 Å². The lowest BCUT2D eigenvalue weighted by Gasteiger charge is -2.08. The zero-order valence-electron chi connectivity index (χ0n) is 10.2. The highest BCUT2D eigenvalue weighted by Crippen LogP contribution is 2.20. The van der Waals surface area contributed by atoms with Gasteiger partial charge in [-0.15, -0.1) is 11.8 Å². The SMILES string of the molecule is CC#CCCNS(=O)(=O)c1cc(C)c(F)c(N)c1. The van der Waals surface area contributed by atoms with Gasteiger partial charge in [0.2, 0.25) is 10.0 Å². The Kier molecular flexibility index (Phi) is 4.70. The minimum Gasteiger partial charge on any atom is -0.396 e. The second kappa shape index (κ2) is 5.85. The predicted octanol–water partition coefficient (Wildman–Crippen LogP) is 1.41. The Morgan fingerprint density at radius 2 is 2.11 bits per heavy atom. The monoisotopic (exact) mass is 270 g/mol. The molecule has 0 aliphatic rings. The van der Waals surface area contributed by atoms with Crippen molar-refractivity contribution >= 4 is 15.7 Å². The van der Waals surface area contributed by atoms with Crippen LogP contribution in [-0.4, -0.2) is 15.0 Å². The average molecular weight is 270 g/mol. The summed E-state index contributed by atoms with van der Waals surface area (Å²) in [7, 11) is -3.67. The molecule has 0 heterocycles. The molecule has 1 aromatic carbocycles. The molecule has 0 amide bonds. The van der Waals surface area contributed by atoms with Crippen LogP contribution in [0.2, 0.25) is 0 Å². The van der Waals surface area contributed by atoms with Crippen LogP contribution in [0.1, 0.15) is 18.9 Å². The molecular weight excluding hydrogens is 255 g/mol. The van der Waals surface area contributed by atoms with Gasteiger partial charge in [-0.3, -0.25) is 0 Å². The van der Waals surface area contributed by atoms with Gasteiger partial charge >= 0.3 is 0 Å². The smallest absolute Gasteiger partial charge is 0.240 e. The van der Waals surface area contributed by atoms with Gasteiger partial charge < -0.3 is 5.73 Å². The summed E-state index contributed by atoms with van der Waals surface area (Å²) >= 11 is 0. The van der Waals surface area contributed by atoms with Crippen LogP contribution in [0, 0.1) is 24.6 Å². The van der Waals surface area contributed by atoms with Crippen LogP contribution >= 0.6 is 0 Å².